The molecular weight excluding hydrogens is 240 g/mol. The van der Waals surface area contributed by atoms with Gasteiger partial charge in [0.05, 0.1) is 12.1 Å². The minimum Gasteiger partial charge on any atom is -0.382 e. The van der Waals surface area contributed by atoms with Gasteiger partial charge in [-0.1, -0.05) is 12.1 Å². The van der Waals surface area contributed by atoms with E-state index in [1.54, 1.807) is 6.20 Å². The van der Waals surface area contributed by atoms with Crippen LogP contribution >= 0.6 is 0 Å². The number of fused-ring (bicyclic) bond motifs is 1. The summed E-state index contributed by atoms with van der Waals surface area (Å²) in [5.74, 6) is 0.335. The topological polar surface area (TPSA) is 73.8 Å². The van der Waals surface area contributed by atoms with Crippen LogP contribution in [0.15, 0.2) is 53.5 Å². The Bertz CT molecular complexity index is 795. The molecule has 0 fully saturated rings. The Labute approximate surface area is 109 Å². The highest BCUT2D eigenvalue weighted by atomic mass is 16.1. The van der Waals surface area contributed by atoms with Crippen molar-refractivity contribution >= 4 is 16.7 Å². The van der Waals surface area contributed by atoms with Crippen molar-refractivity contribution in [3.05, 3.63) is 64.6 Å². The van der Waals surface area contributed by atoms with E-state index in [-0.39, 0.29) is 5.56 Å². The second kappa shape index (κ2) is 4.53. The van der Waals surface area contributed by atoms with Crippen LogP contribution in [0.2, 0.25) is 0 Å². The van der Waals surface area contributed by atoms with Gasteiger partial charge in [-0.25, -0.2) is 4.68 Å². The monoisotopic (exact) mass is 252 g/mol. The Morgan fingerprint density at radius 2 is 2.05 bits per heavy atom. The van der Waals surface area contributed by atoms with Crippen LogP contribution in [0.25, 0.3) is 10.9 Å². The van der Waals surface area contributed by atoms with Crippen LogP contribution in [-0.4, -0.2) is 14.8 Å². The van der Waals surface area contributed by atoms with Gasteiger partial charge in [0.2, 0.25) is 0 Å². The van der Waals surface area contributed by atoms with Crippen LogP contribution < -0.4 is 11.3 Å². The molecule has 0 spiro atoms. The summed E-state index contributed by atoms with van der Waals surface area (Å²) in [6.45, 7) is 0.398. The van der Waals surface area contributed by atoms with E-state index in [0.717, 1.165) is 16.5 Å². The number of benzene rings is 1. The number of nitrogens with zero attached hydrogens (tertiary/aromatic N) is 3. The number of hydrogen-bond donors (Lipinski definition) is 1. The third kappa shape index (κ3) is 2.30. The molecule has 5 nitrogen and oxygen atoms in total. The van der Waals surface area contributed by atoms with Gasteiger partial charge in [-0.2, -0.15) is 5.10 Å². The molecule has 3 rings (SSSR count). The average Bonchev–Trinajstić information content (AvgIpc) is 2.43. The molecule has 0 amide bonds. The molecule has 0 saturated heterocycles. The molecule has 1 aromatic carbocycles. The van der Waals surface area contributed by atoms with Crippen LogP contribution in [0.1, 0.15) is 5.56 Å². The van der Waals surface area contributed by atoms with Crippen molar-refractivity contribution in [2.75, 3.05) is 5.73 Å². The van der Waals surface area contributed by atoms with Crippen molar-refractivity contribution in [1.29, 1.82) is 0 Å². The summed E-state index contributed by atoms with van der Waals surface area (Å²) >= 11 is 0. The average molecular weight is 252 g/mol. The second-order valence-electron chi connectivity index (χ2n) is 4.28. The first-order chi connectivity index (χ1) is 9.22. The Balaban J connectivity index is 2.01. The SMILES string of the molecule is Nc1ccc(=O)n(Cc2ccc3ncccc3c2)n1. The van der Waals surface area contributed by atoms with Gasteiger partial charge < -0.3 is 5.73 Å². The van der Waals surface area contributed by atoms with Crippen molar-refractivity contribution in [3.8, 4) is 0 Å². The van der Waals surface area contributed by atoms with Gasteiger partial charge in [-0.3, -0.25) is 9.78 Å². The van der Waals surface area contributed by atoms with E-state index >= 15 is 0 Å². The van der Waals surface area contributed by atoms with Gasteiger partial charge in [0.15, 0.2) is 0 Å². The van der Waals surface area contributed by atoms with Crippen molar-refractivity contribution < 1.29 is 0 Å². The number of hydrogen-bond acceptors (Lipinski definition) is 4. The first kappa shape index (κ1) is 11.4. The molecule has 94 valence electrons. The summed E-state index contributed by atoms with van der Waals surface area (Å²) in [6.07, 6.45) is 1.76. The zero-order valence-electron chi connectivity index (χ0n) is 10.2. The fourth-order valence-electron chi connectivity index (χ4n) is 1.97. The number of rotatable bonds is 2. The van der Waals surface area contributed by atoms with Gasteiger partial charge in [0.1, 0.15) is 5.82 Å². The molecule has 0 aliphatic heterocycles. The summed E-state index contributed by atoms with van der Waals surface area (Å²) in [5.41, 5.74) is 7.34. The van der Waals surface area contributed by atoms with Gasteiger partial charge in [0.25, 0.3) is 5.56 Å². The minimum atomic E-state index is -0.166. The van der Waals surface area contributed by atoms with E-state index in [1.165, 1.54) is 16.8 Å². The molecule has 19 heavy (non-hydrogen) atoms. The molecule has 0 atom stereocenters. The zero-order valence-corrected chi connectivity index (χ0v) is 10.2. The van der Waals surface area contributed by atoms with E-state index in [4.69, 9.17) is 5.73 Å². The van der Waals surface area contributed by atoms with Crippen LogP contribution in [0.3, 0.4) is 0 Å². The normalized spacial score (nSPS) is 10.7. The van der Waals surface area contributed by atoms with Crippen LogP contribution in [0.4, 0.5) is 5.82 Å². The van der Waals surface area contributed by atoms with E-state index in [0.29, 0.717) is 12.4 Å². The number of anilines is 1. The first-order valence-electron chi connectivity index (χ1n) is 5.90. The lowest BCUT2D eigenvalue weighted by atomic mass is 10.1. The maximum Gasteiger partial charge on any atom is 0.267 e. The molecule has 0 saturated carbocycles. The maximum atomic E-state index is 11.7. The maximum absolute atomic E-state index is 11.7. The van der Waals surface area contributed by atoms with E-state index in [1.807, 2.05) is 30.3 Å². The van der Waals surface area contributed by atoms with Crippen molar-refractivity contribution in [2.45, 2.75) is 6.54 Å². The van der Waals surface area contributed by atoms with Crippen molar-refractivity contribution in [1.82, 2.24) is 14.8 Å². The van der Waals surface area contributed by atoms with Gasteiger partial charge >= 0.3 is 0 Å². The largest absolute Gasteiger partial charge is 0.382 e. The molecule has 0 aliphatic rings. The van der Waals surface area contributed by atoms with Crippen LogP contribution in [-0.2, 0) is 6.54 Å². The minimum absolute atomic E-state index is 0.166. The standard InChI is InChI=1S/C14H12N4O/c15-13-5-6-14(19)18(17-13)9-10-3-4-12-11(8-10)2-1-7-16-12/h1-8H,9H2,(H2,15,17). The summed E-state index contributed by atoms with van der Waals surface area (Å²) < 4.78 is 1.35. The van der Waals surface area contributed by atoms with Crippen LogP contribution in [0.5, 0.6) is 0 Å². The Morgan fingerprint density at radius 3 is 2.95 bits per heavy atom. The quantitative estimate of drug-likeness (QED) is 0.748. The highest BCUT2D eigenvalue weighted by Gasteiger charge is 2.02. The first-order valence-corrected chi connectivity index (χ1v) is 5.90. The zero-order chi connectivity index (χ0) is 13.2. The van der Waals surface area contributed by atoms with Gasteiger partial charge in [-0.15, -0.1) is 0 Å². The third-order valence-corrected chi connectivity index (χ3v) is 2.89. The number of nitrogen functional groups attached to an aromatic ring is 1. The molecule has 2 heterocycles. The van der Waals surface area contributed by atoms with E-state index in [2.05, 4.69) is 10.1 Å². The molecule has 5 heteroatoms. The summed E-state index contributed by atoms with van der Waals surface area (Å²) in [7, 11) is 0. The smallest absolute Gasteiger partial charge is 0.267 e. The number of pyridine rings is 1. The Morgan fingerprint density at radius 1 is 1.16 bits per heavy atom. The fraction of sp³-hybridized carbons (Fsp3) is 0.0714. The van der Waals surface area contributed by atoms with E-state index < -0.39 is 0 Å². The number of aromatic nitrogens is 3. The second-order valence-corrected chi connectivity index (χ2v) is 4.28. The molecule has 2 aromatic heterocycles. The predicted octanol–water partition coefficient (Wildman–Crippen LogP) is 1.42. The highest BCUT2D eigenvalue weighted by molar-refractivity contribution is 5.78. The Hall–Kier alpha value is -2.69. The molecular formula is C14H12N4O. The summed E-state index contributed by atoms with van der Waals surface area (Å²) in [4.78, 5) is 15.9. The lowest BCUT2D eigenvalue weighted by Gasteiger charge is -2.06. The summed E-state index contributed by atoms with van der Waals surface area (Å²) in [5, 5.41) is 5.05. The lowest BCUT2D eigenvalue weighted by molar-refractivity contribution is 0.644. The molecule has 0 bridgehead atoms. The molecule has 0 unspecified atom stereocenters. The Kier molecular flexibility index (Phi) is 2.72. The number of nitrogens with two attached hydrogens (primary N) is 1. The van der Waals surface area contributed by atoms with Gasteiger partial charge in [-0.05, 0) is 29.8 Å². The highest BCUT2D eigenvalue weighted by Crippen LogP contribution is 2.13. The summed E-state index contributed by atoms with van der Waals surface area (Å²) in [6, 6.07) is 12.7. The molecule has 3 aromatic rings. The lowest BCUT2D eigenvalue weighted by Crippen LogP contribution is -2.23. The van der Waals surface area contributed by atoms with Crippen LogP contribution in [0, 0.1) is 0 Å². The van der Waals surface area contributed by atoms with Crippen molar-refractivity contribution in [2.24, 2.45) is 0 Å². The third-order valence-electron chi connectivity index (χ3n) is 2.89. The van der Waals surface area contributed by atoms with E-state index in [9.17, 15) is 4.79 Å². The van der Waals surface area contributed by atoms with Crippen molar-refractivity contribution in [3.63, 3.8) is 0 Å². The molecule has 0 aliphatic carbocycles. The molecule has 2 N–H and O–H groups in total. The fourth-order valence-corrected chi connectivity index (χ4v) is 1.97. The predicted molar refractivity (Wildman–Crippen MR) is 73.8 cm³/mol. The molecule has 0 radical (unpaired) electrons. The van der Waals surface area contributed by atoms with Gasteiger partial charge in [0, 0.05) is 17.6 Å².